The number of halogens is 1. The van der Waals surface area contributed by atoms with E-state index in [-0.39, 0.29) is 24.0 Å². The van der Waals surface area contributed by atoms with Gasteiger partial charge in [-0.25, -0.2) is 9.97 Å². The Labute approximate surface area is 162 Å². The third-order valence-corrected chi connectivity index (χ3v) is 4.20. The molecule has 0 saturated carbocycles. The van der Waals surface area contributed by atoms with Crippen molar-refractivity contribution in [3.05, 3.63) is 18.5 Å². The van der Waals surface area contributed by atoms with E-state index in [2.05, 4.69) is 43.5 Å². The van der Waals surface area contributed by atoms with Crippen molar-refractivity contribution in [1.82, 2.24) is 19.8 Å². The van der Waals surface area contributed by atoms with Crippen molar-refractivity contribution in [2.45, 2.75) is 20.3 Å². The summed E-state index contributed by atoms with van der Waals surface area (Å²) < 4.78 is 0. The molecule has 1 saturated heterocycles. The van der Waals surface area contributed by atoms with Gasteiger partial charge in [-0.2, -0.15) is 0 Å². The van der Waals surface area contributed by atoms with E-state index >= 15 is 0 Å². The summed E-state index contributed by atoms with van der Waals surface area (Å²) in [7, 11) is 0. The Morgan fingerprint density at radius 1 is 1.17 bits per heavy atom. The van der Waals surface area contributed by atoms with Crippen molar-refractivity contribution in [2.75, 3.05) is 57.3 Å². The Bertz CT molecular complexity index is 471. The first kappa shape index (κ1) is 20.9. The molecule has 0 unspecified atom stereocenters. The highest BCUT2D eigenvalue weighted by molar-refractivity contribution is 14.0. The molecule has 0 radical (unpaired) electrons. The van der Waals surface area contributed by atoms with Crippen molar-refractivity contribution in [1.29, 1.82) is 0 Å². The highest BCUT2D eigenvalue weighted by Gasteiger charge is 2.18. The third kappa shape index (κ3) is 6.39. The summed E-state index contributed by atoms with van der Waals surface area (Å²) in [5, 5.41) is 0. The zero-order chi connectivity index (χ0) is 16.5. The SMILES string of the molecule is CCN(CC)C(N)=NCCCN1CCN(c2ncccn2)CC1.I. The molecule has 1 fully saturated rings. The van der Waals surface area contributed by atoms with E-state index in [1.54, 1.807) is 12.4 Å². The van der Waals surface area contributed by atoms with Gasteiger partial charge >= 0.3 is 0 Å². The molecule has 1 aliphatic rings. The Hall–Kier alpha value is -1.16. The second-order valence-electron chi connectivity index (χ2n) is 5.64. The predicted octanol–water partition coefficient (Wildman–Crippen LogP) is 1.26. The van der Waals surface area contributed by atoms with E-state index in [0.717, 1.165) is 64.7 Å². The predicted molar refractivity (Wildman–Crippen MR) is 110 cm³/mol. The molecular weight excluding hydrogens is 417 g/mol. The van der Waals surface area contributed by atoms with Gasteiger partial charge in [0.25, 0.3) is 0 Å². The maximum Gasteiger partial charge on any atom is 0.225 e. The zero-order valence-electron chi connectivity index (χ0n) is 14.8. The molecule has 0 aromatic carbocycles. The van der Waals surface area contributed by atoms with Gasteiger partial charge in [-0.15, -0.1) is 24.0 Å². The van der Waals surface area contributed by atoms with Crippen LogP contribution in [-0.2, 0) is 0 Å². The number of piperazine rings is 1. The van der Waals surface area contributed by atoms with Gasteiger partial charge in [-0.05, 0) is 26.3 Å². The number of aliphatic imine (C=N–C) groups is 1. The summed E-state index contributed by atoms with van der Waals surface area (Å²) in [4.78, 5) is 19.9. The van der Waals surface area contributed by atoms with Crippen LogP contribution in [0.4, 0.5) is 5.95 Å². The average Bonchev–Trinajstić information content (AvgIpc) is 2.61. The molecule has 0 aliphatic carbocycles. The van der Waals surface area contributed by atoms with Crippen LogP contribution in [0.2, 0.25) is 0 Å². The largest absolute Gasteiger partial charge is 0.370 e. The van der Waals surface area contributed by atoms with Crippen molar-refractivity contribution < 1.29 is 0 Å². The van der Waals surface area contributed by atoms with Gasteiger partial charge in [0.2, 0.25) is 5.95 Å². The lowest BCUT2D eigenvalue weighted by atomic mass is 10.3. The minimum absolute atomic E-state index is 0. The number of anilines is 1. The number of hydrogen-bond acceptors (Lipinski definition) is 5. The maximum absolute atomic E-state index is 5.98. The minimum Gasteiger partial charge on any atom is -0.370 e. The van der Waals surface area contributed by atoms with Gasteiger partial charge in [-0.1, -0.05) is 0 Å². The fourth-order valence-electron chi connectivity index (χ4n) is 2.76. The molecule has 136 valence electrons. The first-order valence-electron chi connectivity index (χ1n) is 8.53. The molecule has 0 atom stereocenters. The lowest BCUT2D eigenvalue weighted by Gasteiger charge is -2.34. The lowest BCUT2D eigenvalue weighted by molar-refractivity contribution is 0.255. The number of rotatable bonds is 7. The molecule has 0 amide bonds. The van der Waals surface area contributed by atoms with Crippen molar-refractivity contribution >= 4 is 35.9 Å². The molecule has 1 aromatic rings. The van der Waals surface area contributed by atoms with Gasteiger partial charge < -0.3 is 15.5 Å². The summed E-state index contributed by atoms with van der Waals surface area (Å²) in [5.74, 6) is 1.50. The quantitative estimate of drug-likeness (QED) is 0.294. The van der Waals surface area contributed by atoms with Gasteiger partial charge in [0.1, 0.15) is 0 Å². The normalized spacial score (nSPS) is 15.9. The molecule has 1 aliphatic heterocycles. The number of hydrogen-bond donors (Lipinski definition) is 1. The summed E-state index contributed by atoms with van der Waals surface area (Å²) >= 11 is 0. The van der Waals surface area contributed by atoms with Gasteiger partial charge in [0, 0.05) is 64.8 Å². The van der Waals surface area contributed by atoms with E-state index in [1.165, 1.54) is 0 Å². The fraction of sp³-hybridized carbons (Fsp3) is 0.688. The molecule has 0 bridgehead atoms. The second kappa shape index (κ2) is 11.4. The smallest absolute Gasteiger partial charge is 0.225 e. The van der Waals surface area contributed by atoms with E-state index in [0.29, 0.717) is 5.96 Å². The molecule has 8 heteroatoms. The molecule has 2 rings (SSSR count). The Balaban J connectivity index is 0.00000288. The van der Waals surface area contributed by atoms with Crippen LogP contribution in [0.1, 0.15) is 20.3 Å². The highest BCUT2D eigenvalue weighted by Crippen LogP contribution is 2.09. The Morgan fingerprint density at radius 3 is 2.38 bits per heavy atom. The third-order valence-electron chi connectivity index (χ3n) is 4.20. The van der Waals surface area contributed by atoms with Crippen LogP contribution in [0.3, 0.4) is 0 Å². The van der Waals surface area contributed by atoms with Crippen LogP contribution < -0.4 is 10.6 Å². The monoisotopic (exact) mass is 447 g/mol. The summed E-state index contributed by atoms with van der Waals surface area (Å²) in [6.45, 7) is 11.9. The van der Waals surface area contributed by atoms with E-state index in [1.807, 2.05) is 6.07 Å². The standard InChI is InChI=1S/C16H29N7.HI/c1-3-22(4-2)15(17)18-9-6-10-21-11-13-23(14-12-21)16-19-7-5-8-20-16;/h5,7-8H,3-4,6,9-14H2,1-2H3,(H2,17,18);1H. The second-order valence-corrected chi connectivity index (χ2v) is 5.64. The Kier molecular flexibility index (Phi) is 9.92. The van der Waals surface area contributed by atoms with E-state index in [9.17, 15) is 0 Å². The van der Waals surface area contributed by atoms with Crippen LogP contribution in [0.25, 0.3) is 0 Å². The van der Waals surface area contributed by atoms with Gasteiger partial charge in [0.15, 0.2) is 5.96 Å². The average molecular weight is 447 g/mol. The lowest BCUT2D eigenvalue weighted by Crippen LogP contribution is -2.47. The molecule has 24 heavy (non-hydrogen) atoms. The maximum atomic E-state index is 5.98. The molecule has 1 aromatic heterocycles. The first-order valence-corrected chi connectivity index (χ1v) is 8.53. The number of nitrogens with zero attached hydrogens (tertiary/aromatic N) is 6. The highest BCUT2D eigenvalue weighted by atomic mass is 127. The zero-order valence-corrected chi connectivity index (χ0v) is 17.1. The van der Waals surface area contributed by atoms with Crippen LogP contribution >= 0.6 is 24.0 Å². The van der Waals surface area contributed by atoms with Crippen molar-refractivity contribution in [3.63, 3.8) is 0 Å². The molecule has 2 heterocycles. The topological polar surface area (TPSA) is 73.9 Å². The first-order chi connectivity index (χ1) is 11.2. The Morgan fingerprint density at radius 2 is 1.79 bits per heavy atom. The van der Waals surface area contributed by atoms with Gasteiger partial charge in [-0.3, -0.25) is 9.89 Å². The van der Waals surface area contributed by atoms with Crippen molar-refractivity contribution in [2.24, 2.45) is 10.7 Å². The number of nitrogens with two attached hydrogens (primary N) is 1. The fourth-order valence-corrected chi connectivity index (χ4v) is 2.76. The van der Waals surface area contributed by atoms with Crippen LogP contribution in [0, 0.1) is 0 Å². The van der Waals surface area contributed by atoms with Gasteiger partial charge in [0.05, 0.1) is 0 Å². The molecule has 7 nitrogen and oxygen atoms in total. The van der Waals surface area contributed by atoms with Crippen LogP contribution in [0.5, 0.6) is 0 Å². The van der Waals surface area contributed by atoms with Crippen LogP contribution in [0.15, 0.2) is 23.5 Å². The number of guanidine groups is 1. The van der Waals surface area contributed by atoms with Crippen molar-refractivity contribution in [3.8, 4) is 0 Å². The summed E-state index contributed by atoms with van der Waals surface area (Å²) in [6.07, 6.45) is 4.64. The minimum atomic E-state index is 0. The summed E-state index contributed by atoms with van der Waals surface area (Å²) in [5.41, 5.74) is 5.98. The molecular formula is C16H30IN7. The molecule has 2 N–H and O–H groups in total. The van der Waals surface area contributed by atoms with E-state index in [4.69, 9.17) is 5.73 Å². The van der Waals surface area contributed by atoms with Crippen LogP contribution in [-0.4, -0.2) is 78.1 Å². The number of aromatic nitrogens is 2. The van der Waals surface area contributed by atoms with E-state index < -0.39 is 0 Å². The summed E-state index contributed by atoms with van der Waals surface area (Å²) in [6, 6.07) is 1.85. The molecule has 0 spiro atoms.